The molecule has 0 spiro atoms. The van der Waals surface area contributed by atoms with Gasteiger partial charge in [-0.2, -0.15) is 0 Å². The van der Waals surface area contributed by atoms with Crippen molar-refractivity contribution in [1.29, 1.82) is 0 Å². The highest BCUT2D eigenvalue weighted by Crippen LogP contribution is 2.30. The Bertz CT molecular complexity index is 682. The van der Waals surface area contributed by atoms with Crippen molar-refractivity contribution in [3.05, 3.63) is 65.7 Å². The number of aliphatic hydroxyl groups is 1. The lowest BCUT2D eigenvalue weighted by molar-refractivity contribution is -0.0290. The number of carbonyl (C=O) groups is 1. The van der Waals surface area contributed by atoms with Crippen LogP contribution in [0.25, 0.3) is 0 Å². The van der Waals surface area contributed by atoms with E-state index in [2.05, 4.69) is 10.6 Å². The molecule has 0 saturated heterocycles. The predicted molar refractivity (Wildman–Crippen MR) is 96.3 cm³/mol. The van der Waals surface area contributed by atoms with Crippen molar-refractivity contribution in [1.82, 2.24) is 10.6 Å². The van der Waals surface area contributed by atoms with E-state index in [4.69, 9.17) is 4.74 Å². The Kier molecular flexibility index (Phi) is 5.56. The van der Waals surface area contributed by atoms with E-state index < -0.39 is 5.60 Å². The molecule has 0 heterocycles. The highest BCUT2D eigenvalue weighted by atomic mass is 16.5. The van der Waals surface area contributed by atoms with Crippen molar-refractivity contribution in [2.24, 2.45) is 0 Å². The van der Waals surface area contributed by atoms with Gasteiger partial charge in [0.25, 0.3) is 0 Å². The van der Waals surface area contributed by atoms with Gasteiger partial charge in [-0.05, 0) is 42.5 Å². The van der Waals surface area contributed by atoms with Gasteiger partial charge in [0, 0.05) is 13.1 Å². The Hall–Kier alpha value is -2.53. The second kappa shape index (κ2) is 8.03. The third-order valence-electron chi connectivity index (χ3n) is 4.49. The Morgan fingerprint density at radius 2 is 1.68 bits per heavy atom. The fourth-order valence-electron chi connectivity index (χ4n) is 2.69. The largest absolute Gasteiger partial charge is 0.489 e. The van der Waals surface area contributed by atoms with E-state index in [1.165, 1.54) is 0 Å². The van der Waals surface area contributed by atoms with Gasteiger partial charge in [-0.3, -0.25) is 0 Å². The number of urea groups is 1. The SMILES string of the molecule is O=C(NCc1ccc(COc2ccccc2)cc1)NCC1(O)CCC1. The highest BCUT2D eigenvalue weighted by molar-refractivity contribution is 5.73. The zero-order valence-electron chi connectivity index (χ0n) is 14.2. The fourth-order valence-corrected chi connectivity index (χ4v) is 2.69. The number of ether oxygens (including phenoxy) is 1. The van der Waals surface area contributed by atoms with Crippen LogP contribution in [0.4, 0.5) is 4.79 Å². The Labute approximate surface area is 148 Å². The second-order valence-electron chi connectivity index (χ2n) is 6.53. The minimum atomic E-state index is -0.697. The van der Waals surface area contributed by atoms with E-state index >= 15 is 0 Å². The van der Waals surface area contributed by atoms with E-state index in [-0.39, 0.29) is 6.03 Å². The molecule has 0 aliphatic heterocycles. The molecule has 2 aromatic carbocycles. The Morgan fingerprint density at radius 3 is 2.32 bits per heavy atom. The predicted octanol–water partition coefficient (Wildman–Crippen LogP) is 2.98. The molecule has 3 N–H and O–H groups in total. The molecule has 25 heavy (non-hydrogen) atoms. The van der Waals surface area contributed by atoms with Crippen LogP contribution in [0.3, 0.4) is 0 Å². The average Bonchev–Trinajstić information content (AvgIpc) is 2.63. The van der Waals surface area contributed by atoms with Gasteiger partial charge < -0.3 is 20.5 Å². The topological polar surface area (TPSA) is 70.6 Å². The van der Waals surface area contributed by atoms with E-state index in [9.17, 15) is 9.90 Å². The standard InChI is InChI=1S/C20H24N2O3/c23-19(22-15-20(24)11-4-12-20)21-13-16-7-9-17(10-8-16)14-25-18-5-2-1-3-6-18/h1-3,5-10,24H,4,11-15H2,(H2,21,22,23). The number of hydrogen-bond donors (Lipinski definition) is 3. The average molecular weight is 340 g/mol. The molecule has 1 aliphatic carbocycles. The summed E-state index contributed by atoms with van der Waals surface area (Å²) in [6.45, 7) is 1.27. The van der Waals surface area contributed by atoms with Gasteiger partial charge in [0.1, 0.15) is 12.4 Å². The molecule has 0 bridgehead atoms. The van der Waals surface area contributed by atoms with Gasteiger partial charge in [-0.15, -0.1) is 0 Å². The van der Waals surface area contributed by atoms with Gasteiger partial charge in [-0.25, -0.2) is 4.79 Å². The van der Waals surface area contributed by atoms with Gasteiger partial charge >= 0.3 is 6.03 Å². The first-order valence-electron chi connectivity index (χ1n) is 8.63. The Balaban J connectivity index is 1.39. The molecule has 5 nitrogen and oxygen atoms in total. The van der Waals surface area contributed by atoms with Gasteiger partial charge in [0.15, 0.2) is 0 Å². The van der Waals surface area contributed by atoms with Crippen LogP contribution in [0.15, 0.2) is 54.6 Å². The summed E-state index contributed by atoms with van der Waals surface area (Å²) in [5.41, 5.74) is 1.39. The van der Waals surface area contributed by atoms with Crippen LogP contribution in [0.5, 0.6) is 5.75 Å². The summed E-state index contributed by atoms with van der Waals surface area (Å²) >= 11 is 0. The fraction of sp³-hybridized carbons (Fsp3) is 0.350. The van der Waals surface area contributed by atoms with Gasteiger partial charge in [0.05, 0.1) is 5.60 Å². The molecule has 0 aromatic heterocycles. The molecular weight excluding hydrogens is 316 g/mol. The number of para-hydroxylation sites is 1. The van der Waals surface area contributed by atoms with Crippen molar-refractivity contribution >= 4 is 6.03 Å². The van der Waals surface area contributed by atoms with Crippen LogP contribution >= 0.6 is 0 Å². The van der Waals surface area contributed by atoms with Crippen LogP contribution in [0.2, 0.25) is 0 Å². The molecule has 0 unspecified atom stereocenters. The first kappa shape index (κ1) is 17.3. The number of amides is 2. The number of carbonyl (C=O) groups excluding carboxylic acids is 1. The van der Waals surface area contributed by atoms with Crippen molar-refractivity contribution in [3.63, 3.8) is 0 Å². The van der Waals surface area contributed by atoms with E-state index in [1.54, 1.807) is 0 Å². The van der Waals surface area contributed by atoms with Crippen molar-refractivity contribution in [2.75, 3.05) is 6.54 Å². The summed E-state index contributed by atoms with van der Waals surface area (Å²) in [5.74, 6) is 0.845. The zero-order valence-corrected chi connectivity index (χ0v) is 14.2. The van der Waals surface area contributed by atoms with Crippen molar-refractivity contribution in [2.45, 2.75) is 38.0 Å². The van der Waals surface area contributed by atoms with Crippen LogP contribution in [0, 0.1) is 0 Å². The molecule has 2 amide bonds. The van der Waals surface area contributed by atoms with Gasteiger partial charge in [0.2, 0.25) is 0 Å². The quantitative estimate of drug-likeness (QED) is 0.726. The number of nitrogens with one attached hydrogen (secondary N) is 2. The lowest BCUT2D eigenvalue weighted by Crippen LogP contribution is -2.49. The van der Waals surface area contributed by atoms with Crippen LogP contribution in [0.1, 0.15) is 30.4 Å². The smallest absolute Gasteiger partial charge is 0.315 e. The van der Waals surface area contributed by atoms with E-state index in [0.717, 1.165) is 36.1 Å². The van der Waals surface area contributed by atoms with Crippen molar-refractivity contribution < 1.29 is 14.6 Å². The molecule has 0 atom stereocenters. The minimum Gasteiger partial charge on any atom is -0.489 e. The summed E-state index contributed by atoms with van der Waals surface area (Å²) < 4.78 is 5.71. The Morgan fingerprint density at radius 1 is 1.00 bits per heavy atom. The van der Waals surface area contributed by atoms with Crippen molar-refractivity contribution in [3.8, 4) is 5.75 Å². The lowest BCUT2D eigenvalue weighted by Gasteiger charge is -2.36. The molecule has 1 saturated carbocycles. The third-order valence-corrected chi connectivity index (χ3v) is 4.49. The molecule has 0 radical (unpaired) electrons. The van der Waals surface area contributed by atoms with Crippen LogP contribution < -0.4 is 15.4 Å². The number of hydrogen-bond acceptors (Lipinski definition) is 3. The van der Waals surface area contributed by atoms with Gasteiger partial charge in [-0.1, -0.05) is 42.5 Å². The highest BCUT2D eigenvalue weighted by Gasteiger charge is 2.34. The maximum absolute atomic E-state index is 11.8. The summed E-state index contributed by atoms with van der Waals surface area (Å²) in [6.07, 6.45) is 2.56. The molecule has 3 rings (SSSR count). The third kappa shape index (κ3) is 5.22. The summed E-state index contributed by atoms with van der Waals surface area (Å²) in [4.78, 5) is 11.8. The maximum Gasteiger partial charge on any atom is 0.315 e. The monoisotopic (exact) mass is 340 g/mol. The minimum absolute atomic E-state index is 0.253. The number of benzene rings is 2. The van der Waals surface area contributed by atoms with Crippen LogP contribution in [-0.2, 0) is 13.2 Å². The van der Waals surface area contributed by atoms with Crippen LogP contribution in [-0.4, -0.2) is 23.3 Å². The summed E-state index contributed by atoms with van der Waals surface area (Å²) in [6, 6.07) is 17.4. The van der Waals surface area contributed by atoms with E-state index in [0.29, 0.717) is 19.7 Å². The maximum atomic E-state index is 11.8. The molecular formula is C20H24N2O3. The van der Waals surface area contributed by atoms with E-state index in [1.807, 2.05) is 54.6 Å². The lowest BCUT2D eigenvalue weighted by atomic mass is 9.80. The summed E-state index contributed by atoms with van der Waals surface area (Å²) in [5, 5.41) is 15.5. The normalized spacial score (nSPS) is 15.1. The molecule has 2 aromatic rings. The summed E-state index contributed by atoms with van der Waals surface area (Å²) in [7, 11) is 0. The first-order valence-corrected chi connectivity index (χ1v) is 8.63. The molecule has 132 valence electrons. The number of rotatable bonds is 7. The zero-order chi connectivity index (χ0) is 17.5. The second-order valence-corrected chi connectivity index (χ2v) is 6.53. The molecule has 1 aliphatic rings. The molecule has 1 fully saturated rings. The molecule has 5 heteroatoms. The first-order chi connectivity index (χ1) is 12.1.